The van der Waals surface area contributed by atoms with E-state index in [0.29, 0.717) is 6.42 Å². The van der Waals surface area contributed by atoms with Gasteiger partial charge in [0, 0.05) is 18.2 Å². The monoisotopic (exact) mass is 236 g/mol. The molecule has 4 nitrogen and oxygen atoms in total. The molecule has 0 bridgehead atoms. The summed E-state index contributed by atoms with van der Waals surface area (Å²) in [4.78, 5) is 11.6. The highest BCUT2D eigenvalue weighted by Crippen LogP contribution is 2.11. The van der Waals surface area contributed by atoms with Gasteiger partial charge >= 0.3 is 0 Å². The fourth-order valence-electron chi connectivity index (χ4n) is 1.56. The van der Waals surface area contributed by atoms with Crippen molar-refractivity contribution < 1.29 is 9.90 Å². The van der Waals surface area contributed by atoms with Gasteiger partial charge in [-0.2, -0.15) is 0 Å². The van der Waals surface area contributed by atoms with Crippen LogP contribution < -0.4 is 11.1 Å². The van der Waals surface area contributed by atoms with Gasteiger partial charge in [-0.3, -0.25) is 4.79 Å². The zero-order valence-corrected chi connectivity index (χ0v) is 10.1. The summed E-state index contributed by atoms with van der Waals surface area (Å²) >= 11 is 0. The highest BCUT2D eigenvalue weighted by atomic mass is 16.3. The summed E-state index contributed by atoms with van der Waals surface area (Å²) in [5.41, 5.74) is 7.12. The Labute approximate surface area is 102 Å². The van der Waals surface area contributed by atoms with Crippen molar-refractivity contribution in [3.8, 4) is 0 Å². The summed E-state index contributed by atoms with van der Waals surface area (Å²) in [6.45, 7) is 1.91. The third-order valence-corrected chi connectivity index (χ3v) is 2.46. The van der Waals surface area contributed by atoms with Crippen LogP contribution >= 0.6 is 0 Å². The summed E-state index contributed by atoms with van der Waals surface area (Å²) in [7, 11) is 0. The number of nitrogens with one attached hydrogen (secondary N) is 1. The molecule has 0 aliphatic rings. The predicted molar refractivity (Wildman–Crippen MR) is 68.5 cm³/mol. The zero-order valence-electron chi connectivity index (χ0n) is 10.1. The highest BCUT2D eigenvalue weighted by molar-refractivity contribution is 5.90. The number of hydrogen-bond donors (Lipinski definition) is 3. The topological polar surface area (TPSA) is 75.4 Å². The Morgan fingerprint density at radius 2 is 2.29 bits per heavy atom. The van der Waals surface area contributed by atoms with Crippen molar-refractivity contribution in [3.05, 3.63) is 29.8 Å². The van der Waals surface area contributed by atoms with Crippen molar-refractivity contribution in [1.29, 1.82) is 0 Å². The lowest BCUT2D eigenvalue weighted by atomic mass is 10.1. The molecule has 0 spiro atoms. The maximum absolute atomic E-state index is 11.6. The number of aliphatic hydroxyl groups excluding tert-OH is 1. The molecule has 1 amide bonds. The van der Waals surface area contributed by atoms with E-state index in [2.05, 4.69) is 5.32 Å². The Morgan fingerprint density at radius 3 is 2.94 bits per heavy atom. The summed E-state index contributed by atoms with van der Waals surface area (Å²) in [5, 5.41) is 11.8. The quantitative estimate of drug-likeness (QED) is 0.702. The minimum Gasteiger partial charge on any atom is -0.392 e. The molecular formula is C13H20N2O2. The van der Waals surface area contributed by atoms with Gasteiger partial charge in [-0.15, -0.1) is 0 Å². The van der Waals surface area contributed by atoms with Gasteiger partial charge in [0.25, 0.3) is 0 Å². The minimum atomic E-state index is -0.0194. The lowest BCUT2D eigenvalue weighted by molar-refractivity contribution is -0.116. The largest absolute Gasteiger partial charge is 0.392 e. The van der Waals surface area contributed by atoms with E-state index in [1.165, 1.54) is 0 Å². The van der Waals surface area contributed by atoms with Gasteiger partial charge in [0.05, 0.1) is 6.61 Å². The van der Waals surface area contributed by atoms with E-state index in [9.17, 15) is 4.79 Å². The van der Waals surface area contributed by atoms with Crippen LogP contribution in [0.15, 0.2) is 24.3 Å². The number of carbonyl (C=O) groups excluding carboxylic acids is 1. The van der Waals surface area contributed by atoms with Crippen molar-refractivity contribution in [2.75, 3.05) is 5.32 Å². The van der Waals surface area contributed by atoms with Gasteiger partial charge < -0.3 is 16.2 Å². The van der Waals surface area contributed by atoms with Gasteiger partial charge in [-0.1, -0.05) is 12.1 Å². The average Bonchev–Trinajstić information content (AvgIpc) is 2.28. The molecule has 0 saturated carbocycles. The molecule has 0 aromatic heterocycles. The first-order valence-electron chi connectivity index (χ1n) is 5.87. The number of rotatable bonds is 6. The van der Waals surface area contributed by atoms with Crippen LogP contribution in [0.25, 0.3) is 0 Å². The number of benzene rings is 1. The molecule has 1 rings (SSSR count). The predicted octanol–water partition coefficient (Wildman–Crippen LogP) is 1.63. The molecule has 1 unspecified atom stereocenters. The van der Waals surface area contributed by atoms with Crippen molar-refractivity contribution in [2.24, 2.45) is 5.73 Å². The second kappa shape index (κ2) is 7.04. The van der Waals surface area contributed by atoms with Crippen LogP contribution in [0.2, 0.25) is 0 Å². The molecule has 0 radical (unpaired) electrons. The number of amides is 1. The molecule has 4 N–H and O–H groups in total. The first-order chi connectivity index (χ1) is 8.11. The van der Waals surface area contributed by atoms with E-state index in [1.54, 1.807) is 6.07 Å². The first kappa shape index (κ1) is 13.7. The molecule has 94 valence electrons. The van der Waals surface area contributed by atoms with Crippen molar-refractivity contribution in [2.45, 2.75) is 38.8 Å². The third-order valence-electron chi connectivity index (χ3n) is 2.46. The van der Waals surface area contributed by atoms with E-state index < -0.39 is 0 Å². The molecule has 0 aliphatic carbocycles. The lowest BCUT2D eigenvalue weighted by Gasteiger charge is -2.07. The lowest BCUT2D eigenvalue weighted by Crippen LogP contribution is -2.16. The van der Waals surface area contributed by atoms with Gasteiger partial charge in [-0.05, 0) is 37.5 Å². The Balaban J connectivity index is 2.39. The normalized spacial score (nSPS) is 12.2. The third kappa shape index (κ3) is 5.47. The van der Waals surface area contributed by atoms with Gasteiger partial charge in [0.2, 0.25) is 5.91 Å². The van der Waals surface area contributed by atoms with E-state index in [-0.39, 0.29) is 18.6 Å². The fraction of sp³-hybridized carbons (Fsp3) is 0.462. The molecule has 0 saturated heterocycles. The second-order valence-corrected chi connectivity index (χ2v) is 4.28. The smallest absolute Gasteiger partial charge is 0.224 e. The van der Waals surface area contributed by atoms with Crippen LogP contribution in [0.3, 0.4) is 0 Å². The standard InChI is InChI=1S/C13H20N2O2/c1-10(14)4-2-7-13(17)15-12-6-3-5-11(8-12)9-16/h3,5-6,8,10,16H,2,4,7,9,14H2,1H3,(H,15,17). The van der Waals surface area contributed by atoms with Crippen molar-refractivity contribution in [1.82, 2.24) is 0 Å². The van der Waals surface area contributed by atoms with E-state index in [0.717, 1.165) is 24.1 Å². The van der Waals surface area contributed by atoms with Gasteiger partial charge in [-0.25, -0.2) is 0 Å². The summed E-state index contributed by atoms with van der Waals surface area (Å²) in [5.74, 6) is -0.0132. The average molecular weight is 236 g/mol. The minimum absolute atomic E-state index is 0.0132. The van der Waals surface area contributed by atoms with Gasteiger partial charge in [0.1, 0.15) is 0 Å². The number of aliphatic hydroxyl groups is 1. The Hall–Kier alpha value is -1.39. The van der Waals surface area contributed by atoms with E-state index in [1.807, 2.05) is 25.1 Å². The zero-order chi connectivity index (χ0) is 12.7. The van der Waals surface area contributed by atoms with Crippen LogP contribution in [-0.2, 0) is 11.4 Å². The molecule has 0 aliphatic heterocycles. The number of anilines is 1. The number of carbonyl (C=O) groups is 1. The summed E-state index contributed by atoms with van der Waals surface area (Å²) in [6, 6.07) is 7.33. The second-order valence-electron chi connectivity index (χ2n) is 4.28. The first-order valence-corrected chi connectivity index (χ1v) is 5.87. The highest BCUT2D eigenvalue weighted by Gasteiger charge is 2.03. The van der Waals surface area contributed by atoms with E-state index >= 15 is 0 Å². The number of nitrogens with two attached hydrogens (primary N) is 1. The molecular weight excluding hydrogens is 216 g/mol. The maximum Gasteiger partial charge on any atom is 0.224 e. The molecule has 0 heterocycles. The van der Waals surface area contributed by atoms with Crippen LogP contribution in [0, 0.1) is 0 Å². The SMILES string of the molecule is CC(N)CCCC(=O)Nc1cccc(CO)c1. The Morgan fingerprint density at radius 1 is 1.53 bits per heavy atom. The Kier molecular flexibility index (Phi) is 5.66. The molecule has 1 aromatic rings. The van der Waals surface area contributed by atoms with Crippen molar-refractivity contribution >= 4 is 11.6 Å². The van der Waals surface area contributed by atoms with Crippen LogP contribution in [-0.4, -0.2) is 17.1 Å². The fourth-order valence-corrected chi connectivity index (χ4v) is 1.56. The van der Waals surface area contributed by atoms with Crippen LogP contribution in [0.5, 0.6) is 0 Å². The van der Waals surface area contributed by atoms with Crippen molar-refractivity contribution in [3.63, 3.8) is 0 Å². The van der Waals surface area contributed by atoms with Crippen LogP contribution in [0.4, 0.5) is 5.69 Å². The summed E-state index contributed by atoms with van der Waals surface area (Å²) < 4.78 is 0. The molecule has 4 heteroatoms. The summed E-state index contributed by atoms with van der Waals surface area (Å²) in [6.07, 6.45) is 2.12. The van der Waals surface area contributed by atoms with E-state index in [4.69, 9.17) is 10.8 Å². The van der Waals surface area contributed by atoms with Crippen LogP contribution in [0.1, 0.15) is 31.7 Å². The molecule has 0 fully saturated rings. The molecule has 17 heavy (non-hydrogen) atoms. The maximum atomic E-state index is 11.6. The number of hydrogen-bond acceptors (Lipinski definition) is 3. The molecule has 1 aromatic carbocycles. The Bertz CT molecular complexity index is 364. The van der Waals surface area contributed by atoms with Gasteiger partial charge in [0.15, 0.2) is 0 Å². The molecule has 1 atom stereocenters.